The Labute approximate surface area is 200 Å². The maximum atomic E-state index is 13.5. The van der Waals surface area contributed by atoms with Crippen LogP contribution in [0.15, 0.2) is 41.3 Å². The molecule has 1 N–H and O–H groups in total. The Morgan fingerprint density at radius 2 is 2.00 bits per heavy atom. The number of amides is 5. The molecule has 0 spiro atoms. The number of imide groups is 1. The van der Waals surface area contributed by atoms with Crippen LogP contribution >= 0.6 is 11.8 Å². The van der Waals surface area contributed by atoms with Gasteiger partial charge >= 0.3 is 12.1 Å². The van der Waals surface area contributed by atoms with Crippen LogP contribution in [0.1, 0.15) is 32.1 Å². The molecule has 3 aliphatic rings. The van der Waals surface area contributed by atoms with Gasteiger partial charge in [0.25, 0.3) is 5.91 Å². The van der Waals surface area contributed by atoms with Crippen molar-refractivity contribution in [2.45, 2.75) is 43.0 Å². The molecule has 1 aromatic rings. The van der Waals surface area contributed by atoms with Crippen LogP contribution in [0, 0.1) is 17.8 Å². The van der Waals surface area contributed by atoms with Crippen LogP contribution in [-0.2, 0) is 4.79 Å². The van der Waals surface area contributed by atoms with E-state index >= 15 is 0 Å². The molecule has 4 atom stereocenters. The molecule has 2 bridgehead atoms. The lowest BCUT2D eigenvalue weighted by molar-refractivity contribution is -0.120. The van der Waals surface area contributed by atoms with E-state index in [1.165, 1.54) is 16.2 Å². The Kier molecular flexibility index (Phi) is 7.32. The van der Waals surface area contributed by atoms with Gasteiger partial charge in [0.15, 0.2) is 0 Å². The minimum absolute atomic E-state index is 0.118. The second-order valence-corrected chi connectivity index (χ2v) is 10.4. The number of anilines is 1. The Morgan fingerprint density at radius 1 is 1.18 bits per heavy atom. The van der Waals surface area contributed by atoms with E-state index in [0.717, 1.165) is 24.2 Å². The second kappa shape index (κ2) is 10.2. The first-order chi connectivity index (χ1) is 15.9. The predicted molar refractivity (Wildman–Crippen MR) is 131 cm³/mol. The fraction of sp³-hybridized carbons (Fsp3) is 0.560. The normalized spacial score (nSPS) is 25.9. The third-order valence-electron chi connectivity index (χ3n) is 7.06. The summed E-state index contributed by atoms with van der Waals surface area (Å²) in [7, 11) is 3.42. The summed E-state index contributed by atoms with van der Waals surface area (Å²) in [6.07, 6.45) is 11.0. The van der Waals surface area contributed by atoms with Crippen molar-refractivity contribution in [1.29, 1.82) is 0 Å². The number of unbranched alkanes of at least 4 members (excludes halogenated alkanes) is 1. The lowest BCUT2D eigenvalue weighted by Crippen LogP contribution is -2.40. The molecule has 7 nitrogen and oxygen atoms in total. The van der Waals surface area contributed by atoms with Crippen molar-refractivity contribution in [1.82, 2.24) is 15.1 Å². The largest absolute Gasteiger partial charge is 0.338 e. The molecule has 8 heteroatoms. The van der Waals surface area contributed by atoms with Crippen LogP contribution in [0.25, 0.3) is 0 Å². The summed E-state index contributed by atoms with van der Waals surface area (Å²) in [6.45, 7) is 1.19. The topological polar surface area (TPSA) is 73.0 Å². The van der Waals surface area contributed by atoms with Crippen LogP contribution in [0.4, 0.5) is 15.3 Å². The number of carbonyl (C=O) groups excluding carboxylic acids is 3. The zero-order valence-electron chi connectivity index (χ0n) is 19.7. The van der Waals surface area contributed by atoms with Gasteiger partial charge in [-0.3, -0.25) is 4.79 Å². The molecule has 1 aliphatic heterocycles. The SMILES string of the molecule is CSc1cccc(N2C(=O)[C@H](CCCCNC(=O)N(C)C)N(CC3CC4C=CC3C4)C2=O)c1. The van der Waals surface area contributed by atoms with Crippen LogP contribution in [-0.4, -0.2) is 67.3 Å². The fourth-order valence-corrected chi connectivity index (χ4v) is 5.74. The Morgan fingerprint density at radius 3 is 2.67 bits per heavy atom. The average Bonchev–Trinajstić information content (AvgIpc) is 3.48. The minimum Gasteiger partial charge on any atom is -0.338 e. The third-order valence-corrected chi connectivity index (χ3v) is 7.79. The van der Waals surface area contributed by atoms with Crippen molar-refractivity contribution >= 4 is 35.4 Å². The van der Waals surface area contributed by atoms with Crippen molar-refractivity contribution in [2.24, 2.45) is 17.8 Å². The minimum atomic E-state index is -0.442. The summed E-state index contributed by atoms with van der Waals surface area (Å²) in [5.41, 5.74) is 0.649. The van der Waals surface area contributed by atoms with Crippen LogP contribution in [0.3, 0.4) is 0 Å². The molecular weight excluding hydrogens is 436 g/mol. The number of rotatable bonds is 9. The highest BCUT2D eigenvalue weighted by molar-refractivity contribution is 7.98. The van der Waals surface area contributed by atoms with Crippen molar-refractivity contribution in [3.63, 3.8) is 0 Å². The molecule has 0 aromatic heterocycles. The van der Waals surface area contributed by atoms with E-state index < -0.39 is 6.04 Å². The summed E-state index contributed by atoms with van der Waals surface area (Å²) in [6, 6.07) is 6.88. The van der Waals surface area contributed by atoms with Crippen LogP contribution in [0.2, 0.25) is 0 Å². The monoisotopic (exact) mass is 470 g/mol. The first kappa shape index (κ1) is 23.7. The van der Waals surface area contributed by atoms with Gasteiger partial charge in [0, 0.05) is 32.1 Å². The van der Waals surface area contributed by atoms with E-state index in [-0.39, 0.29) is 18.0 Å². The average molecular weight is 471 g/mol. The van der Waals surface area contributed by atoms with E-state index in [0.29, 0.717) is 43.0 Å². The highest BCUT2D eigenvalue weighted by atomic mass is 32.2. The molecular formula is C25H34N4O3S. The molecule has 1 heterocycles. The first-order valence-corrected chi connectivity index (χ1v) is 13.0. The van der Waals surface area contributed by atoms with Gasteiger partial charge in [0.1, 0.15) is 6.04 Å². The lowest BCUT2D eigenvalue weighted by atomic mass is 9.92. The first-order valence-electron chi connectivity index (χ1n) is 11.8. The second-order valence-electron chi connectivity index (χ2n) is 9.49. The Hall–Kier alpha value is -2.48. The Balaban J connectivity index is 1.46. The zero-order chi connectivity index (χ0) is 23.5. The highest BCUT2D eigenvalue weighted by Crippen LogP contribution is 2.44. The molecule has 1 saturated carbocycles. The van der Waals surface area contributed by atoms with Gasteiger partial charge in [0.05, 0.1) is 5.69 Å². The number of benzene rings is 1. The van der Waals surface area contributed by atoms with Crippen molar-refractivity contribution in [3.05, 3.63) is 36.4 Å². The number of carbonyl (C=O) groups is 3. The number of nitrogens with one attached hydrogen (secondary N) is 1. The maximum absolute atomic E-state index is 13.5. The summed E-state index contributed by atoms with van der Waals surface area (Å²) < 4.78 is 0. The van der Waals surface area contributed by atoms with Gasteiger partial charge in [-0.2, -0.15) is 0 Å². The number of urea groups is 2. The molecule has 5 amide bonds. The molecule has 1 aromatic carbocycles. The number of fused-ring (bicyclic) bond motifs is 2. The molecule has 2 aliphatic carbocycles. The van der Waals surface area contributed by atoms with Gasteiger partial charge < -0.3 is 15.1 Å². The van der Waals surface area contributed by atoms with E-state index in [9.17, 15) is 14.4 Å². The van der Waals surface area contributed by atoms with E-state index in [4.69, 9.17) is 0 Å². The van der Waals surface area contributed by atoms with Crippen molar-refractivity contribution < 1.29 is 14.4 Å². The number of hydrogen-bond acceptors (Lipinski definition) is 4. The number of hydrogen-bond donors (Lipinski definition) is 1. The van der Waals surface area contributed by atoms with Gasteiger partial charge in [-0.25, -0.2) is 14.5 Å². The third kappa shape index (κ3) is 5.05. The maximum Gasteiger partial charge on any atom is 0.332 e. The molecule has 1 saturated heterocycles. The summed E-state index contributed by atoms with van der Waals surface area (Å²) in [5, 5.41) is 2.86. The zero-order valence-corrected chi connectivity index (χ0v) is 20.5. The molecule has 4 rings (SSSR count). The van der Waals surface area contributed by atoms with E-state index in [2.05, 4.69) is 17.5 Å². The number of allylic oxidation sites excluding steroid dienone is 2. The highest BCUT2D eigenvalue weighted by Gasteiger charge is 2.48. The summed E-state index contributed by atoms with van der Waals surface area (Å²) >= 11 is 1.60. The van der Waals surface area contributed by atoms with Crippen LogP contribution in [0.5, 0.6) is 0 Å². The smallest absolute Gasteiger partial charge is 0.332 e. The summed E-state index contributed by atoms with van der Waals surface area (Å²) in [4.78, 5) is 44.4. The molecule has 2 fully saturated rings. The van der Waals surface area contributed by atoms with Gasteiger partial charge in [-0.05, 0) is 74.3 Å². The Bertz CT molecular complexity index is 934. The van der Waals surface area contributed by atoms with Crippen molar-refractivity contribution in [2.75, 3.05) is 38.3 Å². The number of nitrogens with zero attached hydrogens (tertiary/aromatic N) is 3. The lowest BCUT2D eigenvalue weighted by Gasteiger charge is -2.28. The predicted octanol–water partition coefficient (Wildman–Crippen LogP) is 4.20. The van der Waals surface area contributed by atoms with Gasteiger partial charge in [0.2, 0.25) is 0 Å². The van der Waals surface area contributed by atoms with E-state index in [1.807, 2.05) is 35.4 Å². The summed E-state index contributed by atoms with van der Waals surface area (Å²) in [5.74, 6) is 1.44. The number of thioether (sulfide) groups is 1. The van der Waals surface area contributed by atoms with Crippen LogP contribution < -0.4 is 10.2 Å². The van der Waals surface area contributed by atoms with Crippen molar-refractivity contribution in [3.8, 4) is 0 Å². The van der Waals surface area contributed by atoms with Gasteiger partial charge in [-0.15, -0.1) is 11.8 Å². The standard InChI is InChI=1S/C25H34N4O3S/c1-27(2)24(31)26-12-5-4-9-22-23(30)29(20-7-6-8-21(15-20)33-3)25(32)28(22)16-19-14-17-10-11-18(19)13-17/h6-8,10-11,15,17-19,22H,4-5,9,12-14,16H2,1-3H3,(H,26,31)/t17?,18?,19?,22-/m0/s1. The molecule has 3 unspecified atom stereocenters. The molecule has 178 valence electrons. The fourth-order valence-electron chi connectivity index (χ4n) is 5.28. The van der Waals surface area contributed by atoms with Gasteiger partial charge in [-0.1, -0.05) is 18.2 Å². The molecule has 33 heavy (non-hydrogen) atoms. The molecule has 0 radical (unpaired) electrons. The quantitative estimate of drug-likeness (QED) is 0.254. The van der Waals surface area contributed by atoms with E-state index in [1.54, 1.807) is 25.9 Å².